The van der Waals surface area contributed by atoms with E-state index in [2.05, 4.69) is 10.0 Å². The zero-order valence-corrected chi connectivity index (χ0v) is 16.3. The Bertz CT molecular complexity index is 717. The Labute approximate surface area is 157 Å². The highest BCUT2D eigenvalue weighted by Crippen LogP contribution is 2.28. The van der Waals surface area contributed by atoms with Gasteiger partial charge in [0.15, 0.2) is 6.10 Å². The van der Waals surface area contributed by atoms with Crippen LogP contribution in [0.25, 0.3) is 0 Å². The van der Waals surface area contributed by atoms with Crippen LogP contribution in [0.3, 0.4) is 0 Å². The second-order valence-electron chi connectivity index (χ2n) is 5.49. The minimum atomic E-state index is -3.98. The van der Waals surface area contributed by atoms with E-state index >= 15 is 0 Å². The van der Waals surface area contributed by atoms with Gasteiger partial charge in [0.25, 0.3) is 5.91 Å². The fourth-order valence-electron chi connectivity index (χ4n) is 1.81. The molecule has 0 heterocycles. The second-order valence-corrected chi connectivity index (χ2v) is 8.01. The van der Waals surface area contributed by atoms with Gasteiger partial charge >= 0.3 is 5.97 Å². The van der Waals surface area contributed by atoms with E-state index in [4.69, 9.17) is 27.9 Å². The van der Waals surface area contributed by atoms with Crippen LogP contribution < -0.4 is 10.0 Å². The Kier molecular flexibility index (Phi) is 8.14. The third-order valence-corrected chi connectivity index (χ3v) is 5.33. The highest BCUT2D eigenvalue weighted by molar-refractivity contribution is 7.89. The molecule has 0 fully saturated rings. The van der Waals surface area contributed by atoms with Gasteiger partial charge in [0.05, 0.1) is 16.5 Å². The Balaban J connectivity index is 2.56. The van der Waals surface area contributed by atoms with Gasteiger partial charge in [-0.25, -0.2) is 13.1 Å². The molecular weight excluding hydrogens is 391 g/mol. The predicted molar refractivity (Wildman–Crippen MR) is 95.1 cm³/mol. The molecule has 25 heavy (non-hydrogen) atoms. The number of carbonyl (C=O) groups is 2. The van der Waals surface area contributed by atoms with Crippen LogP contribution in [0.1, 0.15) is 27.2 Å². The van der Waals surface area contributed by atoms with E-state index in [-0.39, 0.29) is 33.9 Å². The lowest BCUT2D eigenvalue weighted by Gasteiger charge is -2.15. The summed E-state index contributed by atoms with van der Waals surface area (Å²) < 4.78 is 31.6. The van der Waals surface area contributed by atoms with Crippen molar-refractivity contribution in [3.8, 4) is 0 Å². The first-order valence-electron chi connectivity index (χ1n) is 7.48. The van der Waals surface area contributed by atoms with E-state index in [0.29, 0.717) is 0 Å². The van der Waals surface area contributed by atoms with Gasteiger partial charge < -0.3 is 10.1 Å². The maximum Gasteiger partial charge on any atom is 0.307 e. The molecule has 0 spiro atoms. The van der Waals surface area contributed by atoms with Gasteiger partial charge in [-0.05, 0) is 32.9 Å². The Hall–Kier alpha value is -1.35. The number of esters is 1. The number of hydrogen-bond donors (Lipinski definition) is 2. The van der Waals surface area contributed by atoms with E-state index in [9.17, 15) is 18.0 Å². The Morgan fingerprint density at radius 2 is 1.72 bits per heavy atom. The molecule has 1 aromatic rings. The average molecular weight is 411 g/mol. The Morgan fingerprint density at radius 1 is 1.16 bits per heavy atom. The normalized spacial score (nSPS) is 12.7. The molecule has 0 aliphatic heterocycles. The summed E-state index contributed by atoms with van der Waals surface area (Å²) in [5.41, 5.74) is 0. The molecule has 1 atom stereocenters. The summed E-state index contributed by atoms with van der Waals surface area (Å²) in [6.45, 7) is 4.77. The summed E-state index contributed by atoms with van der Waals surface area (Å²) in [6, 6.07) is 4.22. The smallest absolute Gasteiger partial charge is 0.307 e. The molecule has 0 saturated carbocycles. The van der Waals surface area contributed by atoms with E-state index in [1.54, 1.807) is 13.8 Å². The SMILES string of the molecule is CC(C)NC(=O)C(C)OC(=O)CCNS(=O)(=O)c1c(Cl)cccc1Cl. The van der Waals surface area contributed by atoms with Crippen LogP contribution in [-0.4, -0.2) is 39.0 Å². The van der Waals surface area contributed by atoms with Crippen LogP contribution in [0.5, 0.6) is 0 Å². The van der Waals surface area contributed by atoms with E-state index in [1.165, 1.54) is 25.1 Å². The molecular formula is C15H20Cl2N2O5S. The summed E-state index contributed by atoms with van der Waals surface area (Å²) in [5.74, 6) is -1.13. The van der Waals surface area contributed by atoms with Crippen molar-refractivity contribution in [2.45, 2.75) is 44.2 Å². The lowest BCUT2D eigenvalue weighted by molar-refractivity contribution is -0.154. The first-order valence-corrected chi connectivity index (χ1v) is 9.72. The fraction of sp³-hybridized carbons (Fsp3) is 0.467. The standard InChI is InChI=1S/C15H20Cl2N2O5S/c1-9(2)19-15(21)10(3)24-13(20)7-8-18-25(22,23)14-11(16)5-4-6-12(14)17/h4-6,9-10,18H,7-8H2,1-3H3,(H,19,21). The first kappa shape index (κ1) is 21.7. The van der Waals surface area contributed by atoms with Crippen molar-refractivity contribution >= 4 is 45.1 Å². The number of benzene rings is 1. The van der Waals surface area contributed by atoms with E-state index in [0.717, 1.165) is 0 Å². The van der Waals surface area contributed by atoms with Crippen LogP contribution in [0.4, 0.5) is 0 Å². The fourth-order valence-corrected chi connectivity index (χ4v) is 3.98. The molecule has 0 aliphatic carbocycles. The van der Waals surface area contributed by atoms with Crippen LogP contribution >= 0.6 is 23.2 Å². The molecule has 1 amide bonds. The number of amides is 1. The zero-order valence-electron chi connectivity index (χ0n) is 14.0. The van der Waals surface area contributed by atoms with Gasteiger partial charge in [0, 0.05) is 12.6 Å². The zero-order chi connectivity index (χ0) is 19.2. The van der Waals surface area contributed by atoms with Crippen LogP contribution in [0.2, 0.25) is 10.0 Å². The first-order chi connectivity index (χ1) is 11.5. The van der Waals surface area contributed by atoms with Crippen molar-refractivity contribution in [3.63, 3.8) is 0 Å². The number of sulfonamides is 1. The molecule has 2 N–H and O–H groups in total. The van der Waals surface area contributed by atoms with E-state index in [1.807, 2.05) is 0 Å². The minimum absolute atomic E-state index is 0.0263. The molecule has 0 bridgehead atoms. The molecule has 140 valence electrons. The maximum atomic E-state index is 12.2. The minimum Gasteiger partial charge on any atom is -0.453 e. The molecule has 1 unspecified atom stereocenters. The van der Waals surface area contributed by atoms with Crippen LogP contribution in [-0.2, 0) is 24.3 Å². The second kappa shape index (κ2) is 9.38. The largest absolute Gasteiger partial charge is 0.453 e. The van der Waals surface area contributed by atoms with Crippen LogP contribution in [0, 0.1) is 0 Å². The molecule has 7 nitrogen and oxygen atoms in total. The van der Waals surface area contributed by atoms with Crippen molar-refractivity contribution in [3.05, 3.63) is 28.2 Å². The quantitative estimate of drug-likeness (QED) is 0.638. The summed E-state index contributed by atoms with van der Waals surface area (Å²) >= 11 is 11.7. The maximum absolute atomic E-state index is 12.2. The van der Waals surface area contributed by atoms with E-state index < -0.39 is 28.0 Å². The highest BCUT2D eigenvalue weighted by Gasteiger charge is 2.22. The van der Waals surface area contributed by atoms with Gasteiger partial charge in [0.2, 0.25) is 10.0 Å². The number of halogens is 2. The number of rotatable bonds is 8. The summed E-state index contributed by atoms with van der Waals surface area (Å²) in [5, 5.41) is 2.55. The molecule has 0 saturated heterocycles. The van der Waals surface area contributed by atoms with Gasteiger partial charge in [-0.3, -0.25) is 9.59 Å². The van der Waals surface area contributed by atoms with Crippen molar-refractivity contribution < 1.29 is 22.7 Å². The van der Waals surface area contributed by atoms with Crippen molar-refractivity contribution in [1.82, 2.24) is 10.0 Å². The molecule has 0 aromatic heterocycles. The van der Waals surface area contributed by atoms with Crippen molar-refractivity contribution in [2.75, 3.05) is 6.54 Å². The number of ether oxygens (including phenoxy) is 1. The van der Waals surface area contributed by atoms with Crippen LogP contribution in [0.15, 0.2) is 23.1 Å². The molecule has 0 aliphatic rings. The van der Waals surface area contributed by atoms with Gasteiger partial charge in [0.1, 0.15) is 4.90 Å². The number of hydrogen-bond acceptors (Lipinski definition) is 5. The third-order valence-electron chi connectivity index (χ3n) is 2.92. The van der Waals surface area contributed by atoms with Crippen molar-refractivity contribution in [1.29, 1.82) is 0 Å². The molecule has 1 rings (SSSR count). The van der Waals surface area contributed by atoms with Crippen molar-refractivity contribution in [2.24, 2.45) is 0 Å². The van der Waals surface area contributed by atoms with Gasteiger partial charge in [-0.1, -0.05) is 29.3 Å². The summed E-state index contributed by atoms with van der Waals surface area (Å²) in [4.78, 5) is 23.1. The lowest BCUT2D eigenvalue weighted by atomic mass is 10.3. The lowest BCUT2D eigenvalue weighted by Crippen LogP contribution is -2.39. The molecule has 1 aromatic carbocycles. The molecule has 10 heteroatoms. The monoisotopic (exact) mass is 410 g/mol. The third kappa shape index (κ3) is 6.81. The molecule has 0 radical (unpaired) electrons. The Morgan fingerprint density at radius 3 is 2.24 bits per heavy atom. The highest BCUT2D eigenvalue weighted by atomic mass is 35.5. The predicted octanol–water partition coefficient (Wildman–Crippen LogP) is 2.12. The topological polar surface area (TPSA) is 102 Å². The number of carbonyl (C=O) groups excluding carboxylic acids is 2. The van der Waals surface area contributed by atoms with Gasteiger partial charge in [-0.15, -0.1) is 0 Å². The number of nitrogens with one attached hydrogen (secondary N) is 2. The summed E-state index contributed by atoms with van der Waals surface area (Å²) in [7, 11) is -3.98. The average Bonchev–Trinajstić information content (AvgIpc) is 2.45. The summed E-state index contributed by atoms with van der Waals surface area (Å²) in [6.07, 6.45) is -1.22. The van der Waals surface area contributed by atoms with Gasteiger partial charge in [-0.2, -0.15) is 0 Å².